The molecular formula is C42H27N. The van der Waals surface area contributed by atoms with Crippen molar-refractivity contribution in [3.05, 3.63) is 158 Å². The first kappa shape index (κ1) is 24.0. The summed E-state index contributed by atoms with van der Waals surface area (Å²) in [6.07, 6.45) is 0. The van der Waals surface area contributed by atoms with Crippen LogP contribution >= 0.6 is 0 Å². The summed E-state index contributed by atoms with van der Waals surface area (Å²) < 4.78 is 0. The summed E-state index contributed by atoms with van der Waals surface area (Å²) in [7, 11) is 0. The highest BCUT2D eigenvalue weighted by Gasteiger charge is 2.16. The van der Waals surface area contributed by atoms with Crippen molar-refractivity contribution in [2.24, 2.45) is 0 Å². The molecule has 0 atom stereocenters. The molecule has 8 aromatic carbocycles. The highest BCUT2D eigenvalue weighted by molar-refractivity contribution is 6.23. The van der Waals surface area contributed by atoms with Gasteiger partial charge in [0.05, 0.1) is 5.52 Å². The first-order valence-electron chi connectivity index (χ1n) is 14.8. The van der Waals surface area contributed by atoms with E-state index in [0.29, 0.717) is 0 Å². The molecule has 0 fully saturated rings. The van der Waals surface area contributed by atoms with Gasteiger partial charge in [-0.1, -0.05) is 127 Å². The van der Waals surface area contributed by atoms with E-state index < -0.39 is 0 Å². The lowest BCUT2D eigenvalue weighted by Crippen LogP contribution is -1.86. The second kappa shape index (κ2) is 9.44. The molecule has 0 unspecified atom stereocenters. The Morgan fingerprint density at radius 1 is 0.326 bits per heavy atom. The lowest BCUT2D eigenvalue weighted by Gasteiger charge is -2.12. The number of nitrogens with one attached hydrogen (secondary N) is 1. The third-order valence-electron chi connectivity index (χ3n) is 8.94. The van der Waals surface area contributed by atoms with Crippen LogP contribution < -0.4 is 0 Å². The molecule has 0 saturated heterocycles. The number of fused-ring (bicyclic) bond motifs is 7. The van der Waals surface area contributed by atoms with Gasteiger partial charge in [-0.2, -0.15) is 0 Å². The standard InChI is InChI=1S/C42H27N/c1-2-8-27(9-3-1)34-19-21-38-40(26-34)43-42-37-20-18-33(32-16-14-28-10-4-6-12-30(28)22-32)24-36(37)25-39(41(38)42)35-17-15-29-11-5-7-13-31(29)23-35/h1-26,43H. The summed E-state index contributed by atoms with van der Waals surface area (Å²) in [6, 6.07) is 57.5. The molecule has 0 aliphatic rings. The van der Waals surface area contributed by atoms with Gasteiger partial charge in [0.15, 0.2) is 0 Å². The number of benzene rings is 8. The summed E-state index contributed by atoms with van der Waals surface area (Å²) in [6.45, 7) is 0. The fourth-order valence-electron chi connectivity index (χ4n) is 6.76. The van der Waals surface area contributed by atoms with Gasteiger partial charge in [-0.05, 0) is 90.6 Å². The quantitative estimate of drug-likeness (QED) is 0.227. The van der Waals surface area contributed by atoms with Crippen LogP contribution in [0.25, 0.3) is 87.5 Å². The third-order valence-corrected chi connectivity index (χ3v) is 8.94. The molecule has 0 amide bonds. The van der Waals surface area contributed by atoms with E-state index in [4.69, 9.17) is 0 Å². The van der Waals surface area contributed by atoms with Gasteiger partial charge in [0.25, 0.3) is 0 Å². The van der Waals surface area contributed by atoms with Crippen molar-refractivity contribution in [3.63, 3.8) is 0 Å². The Hall–Kier alpha value is -5.66. The fraction of sp³-hybridized carbons (Fsp3) is 0. The second-order valence-electron chi connectivity index (χ2n) is 11.5. The van der Waals surface area contributed by atoms with Gasteiger partial charge in [0.1, 0.15) is 0 Å². The van der Waals surface area contributed by atoms with Crippen molar-refractivity contribution in [2.45, 2.75) is 0 Å². The predicted octanol–water partition coefficient (Wildman–Crippen LogP) is 11.8. The van der Waals surface area contributed by atoms with Gasteiger partial charge >= 0.3 is 0 Å². The Labute approximate surface area is 249 Å². The molecule has 0 radical (unpaired) electrons. The smallest absolute Gasteiger partial charge is 0.0550 e. The summed E-state index contributed by atoms with van der Waals surface area (Å²) in [5.74, 6) is 0. The van der Waals surface area contributed by atoms with Gasteiger partial charge in [0, 0.05) is 21.7 Å². The molecule has 1 N–H and O–H groups in total. The number of hydrogen-bond acceptors (Lipinski definition) is 0. The van der Waals surface area contributed by atoms with Gasteiger partial charge in [-0.15, -0.1) is 0 Å². The molecule has 1 aromatic heterocycles. The van der Waals surface area contributed by atoms with Gasteiger partial charge in [-0.25, -0.2) is 0 Å². The largest absolute Gasteiger partial charge is 0.354 e. The van der Waals surface area contributed by atoms with Crippen LogP contribution in [0.3, 0.4) is 0 Å². The molecule has 43 heavy (non-hydrogen) atoms. The molecule has 1 heteroatoms. The van der Waals surface area contributed by atoms with Crippen molar-refractivity contribution in [2.75, 3.05) is 0 Å². The average Bonchev–Trinajstić information content (AvgIpc) is 3.47. The van der Waals surface area contributed by atoms with E-state index in [2.05, 4.69) is 163 Å². The molecule has 0 aliphatic carbocycles. The minimum Gasteiger partial charge on any atom is -0.354 e. The number of rotatable bonds is 3. The maximum atomic E-state index is 3.86. The van der Waals surface area contributed by atoms with Crippen molar-refractivity contribution >= 4 is 54.1 Å². The normalized spacial score (nSPS) is 11.7. The summed E-state index contributed by atoms with van der Waals surface area (Å²) in [4.78, 5) is 3.86. The molecule has 1 heterocycles. The van der Waals surface area contributed by atoms with Gasteiger partial charge in [-0.3, -0.25) is 0 Å². The Kier molecular flexibility index (Phi) is 5.27. The lowest BCUT2D eigenvalue weighted by atomic mass is 9.92. The van der Waals surface area contributed by atoms with E-state index in [1.165, 1.54) is 82.0 Å². The summed E-state index contributed by atoms with van der Waals surface area (Å²) in [5.41, 5.74) is 9.73. The molecule has 0 saturated carbocycles. The average molecular weight is 546 g/mol. The predicted molar refractivity (Wildman–Crippen MR) is 185 cm³/mol. The zero-order valence-corrected chi connectivity index (χ0v) is 23.5. The van der Waals surface area contributed by atoms with E-state index in [9.17, 15) is 0 Å². The zero-order chi connectivity index (χ0) is 28.3. The van der Waals surface area contributed by atoms with Crippen LogP contribution in [0.5, 0.6) is 0 Å². The fourth-order valence-corrected chi connectivity index (χ4v) is 6.76. The highest BCUT2D eigenvalue weighted by atomic mass is 14.7. The third kappa shape index (κ3) is 3.94. The molecule has 0 bridgehead atoms. The first-order valence-corrected chi connectivity index (χ1v) is 14.8. The number of aromatic amines is 1. The maximum Gasteiger partial charge on any atom is 0.0550 e. The molecule has 1 nitrogen and oxygen atoms in total. The molecule has 9 aromatic rings. The number of H-pyrrole nitrogens is 1. The SMILES string of the molecule is c1ccc(-c2ccc3c(c2)[nH]c2c4ccc(-c5ccc6ccccc6c5)cc4cc(-c4ccc5ccccc5c4)c32)cc1. The van der Waals surface area contributed by atoms with Gasteiger partial charge < -0.3 is 4.98 Å². The van der Waals surface area contributed by atoms with Crippen LogP contribution in [0.1, 0.15) is 0 Å². The lowest BCUT2D eigenvalue weighted by molar-refractivity contribution is 1.55. The van der Waals surface area contributed by atoms with Crippen LogP contribution in [-0.4, -0.2) is 4.98 Å². The molecule has 9 rings (SSSR count). The monoisotopic (exact) mass is 545 g/mol. The van der Waals surface area contributed by atoms with Crippen LogP contribution in [0, 0.1) is 0 Å². The summed E-state index contributed by atoms with van der Waals surface area (Å²) in [5, 5.41) is 10.0. The molecule has 200 valence electrons. The number of hydrogen-bond donors (Lipinski definition) is 1. The second-order valence-corrected chi connectivity index (χ2v) is 11.5. The summed E-state index contributed by atoms with van der Waals surface area (Å²) >= 11 is 0. The topological polar surface area (TPSA) is 15.8 Å². The van der Waals surface area contributed by atoms with E-state index in [1.54, 1.807) is 0 Å². The van der Waals surface area contributed by atoms with Crippen molar-refractivity contribution in [3.8, 4) is 33.4 Å². The Bertz CT molecular complexity index is 2500. The van der Waals surface area contributed by atoms with E-state index in [1.807, 2.05) is 0 Å². The zero-order valence-electron chi connectivity index (χ0n) is 23.5. The van der Waals surface area contributed by atoms with Crippen LogP contribution in [0.15, 0.2) is 158 Å². The van der Waals surface area contributed by atoms with Crippen LogP contribution in [0.2, 0.25) is 0 Å². The minimum absolute atomic E-state index is 1.16. The Morgan fingerprint density at radius 3 is 1.58 bits per heavy atom. The first-order chi connectivity index (χ1) is 21.3. The maximum absolute atomic E-state index is 3.86. The van der Waals surface area contributed by atoms with Crippen LogP contribution in [0.4, 0.5) is 0 Å². The minimum atomic E-state index is 1.16. The molecule has 0 aliphatic heterocycles. The van der Waals surface area contributed by atoms with Crippen molar-refractivity contribution in [1.82, 2.24) is 4.98 Å². The van der Waals surface area contributed by atoms with E-state index in [-0.39, 0.29) is 0 Å². The number of aromatic nitrogens is 1. The highest BCUT2D eigenvalue weighted by Crippen LogP contribution is 2.42. The van der Waals surface area contributed by atoms with Crippen LogP contribution in [-0.2, 0) is 0 Å². The van der Waals surface area contributed by atoms with E-state index >= 15 is 0 Å². The van der Waals surface area contributed by atoms with Crippen molar-refractivity contribution < 1.29 is 0 Å². The Morgan fingerprint density at radius 2 is 0.860 bits per heavy atom. The van der Waals surface area contributed by atoms with Gasteiger partial charge in [0.2, 0.25) is 0 Å². The van der Waals surface area contributed by atoms with Crippen molar-refractivity contribution in [1.29, 1.82) is 0 Å². The molecule has 0 spiro atoms. The molecular weight excluding hydrogens is 518 g/mol. The Balaban J connectivity index is 1.32. The van der Waals surface area contributed by atoms with E-state index in [0.717, 1.165) is 5.52 Å².